The summed E-state index contributed by atoms with van der Waals surface area (Å²) in [5.41, 5.74) is 0.0848. The van der Waals surface area contributed by atoms with Gasteiger partial charge in [0.25, 0.3) is 0 Å². The van der Waals surface area contributed by atoms with Gasteiger partial charge in [0, 0.05) is 38.9 Å². The quantitative estimate of drug-likeness (QED) is 0.511. The third-order valence-corrected chi connectivity index (χ3v) is 7.37. The summed E-state index contributed by atoms with van der Waals surface area (Å²) in [6.07, 6.45) is 0.0865. The monoisotopic (exact) mass is 491 g/mol. The van der Waals surface area contributed by atoms with E-state index in [1.807, 2.05) is 0 Å². The number of ether oxygens (including phenoxy) is 1. The highest BCUT2D eigenvalue weighted by molar-refractivity contribution is 7.89. The largest absolute Gasteiger partial charge is 0.455 e. The van der Waals surface area contributed by atoms with E-state index >= 15 is 0 Å². The number of halogens is 1. The highest BCUT2D eigenvalue weighted by atomic mass is 32.2. The van der Waals surface area contributed by atoms with E-state index in [1.54, 1.807) is 13.8 Å². The van der Waals surface area contributed by atoms with Gasteiger partial charge in [-0.3, -0.25) is 19.3 Å². The molecule has 11 heteroatoms. The fraction of sp³-hybridized carbons (Fsp3) is 0.348. The van der Waals surface area contributed by atoms with Gasteiger partial charge in [-0.15, -0.1) is 0 Å². The third-order valence-electron chi connectivity index (χ3n) is 5.33. The second kappa shape index (κ2) is 10.7. The molecular formula is C23H26FN3O6S. The van der Waals surface area contributed by atoms with Gasteiger partial charge in [0.1, 0.15) is 11.6 Å². The zero-order valence-electron chi connectivity index (χ0n) is 18.9. The van der Waals surface area contributed by atoms with Crippen molar-refractivity contribution < 1.29 is 31.9 Å². The molecule has 0 aliphatic carbocycles. The van der Waals surface area contributed by atoms with Crippen molar-refractivity contribution in [3.05, 3.63) is 48.3 Å². The van der Waals surface area contributed by atoms with Crippen molar-refractivity contribution in [2.75, 3.05) is 25.0 Å². The maximum absolute atomic E-state index is 13.2. The number of hydrogen-bond acceptors (Lipinski definition) is 6. The first-order valence-electron chi connectivity index (χ1n) is 10.9. The van der Waals surface area contributed by atoms with Gasteiger partial charge < -0.3 is 10.1 Å². The number of carbonyl (C=O) groups excluding carboxylic acids is 3. The molecule has 1 aliphatic rings. The molecule has 3 amide bonds. The van der Waals surface area contributed by atoms with Gasteiger partial charge in [-0.05, 0) is 42.5 Å². The molecule has 3 rings (SSSR count). The van der Waals surface area contributed by atoms with Crippen LogP contribution < -0.4 is 10.1 Å². The van der Waals surface area contributed by atoms with E-state index in [0.29, 0.717) is 0 Å². The number of benzene rings is 2. The van der Waals surface area contributed by atoms with E-state index in [2.05, 4.69) is 5.32 Å². The molecule has 1 heterocycles. The van der Waals surface area contributed by atoms with Crippen LogP contribution in [0.25, 0.3) is 0 Å². The first kappa shape index (κ1) is 25.3. The SMILES string of the molecule is CCN(CC)S(=O)(=O)c1ccc(Oc2ccc(F)cc2)c(NC(=O)CCN2C(=O)CCC2=O)c1. The van der Waals surface area contributed by atoms with E-state index in [-0.39, 0.29) is 72.8 Å². The van der Waals surface area contributed by atoms with Crippen LogP contribution in [0, 0.1) is 5.82 Å². The van der Waals surface area contributed by atoms with Gasteiger partial charge in [-0.1, -0.05) is 13.8 Å². The lowest BCUT2D eigenvalue weighted by atomic mass is 10.2. The Balaban J connectivity index is 1.87. The number of hydrogen-bond donors (Lipinski definition) is 1. The van der Waals surface area contributed by atoms with Crippen molar-refractivity contribution in [3.63, 3.8) is 0 Å². The summed E-state index contributed by atoms with van der Waals surface area (Å²) in [6.45, 7) is 3.90. The van der Waals surface area contributed by atoms with E-state index in [1.165, 1.54) is 46.8 Å². The van der Waals surface area contributed by atoms with Gasteiger partial charge in [0.15, 0.2) is 5.75 Å². The van der Waals surface area contributed by atoms with Crippen LogP contribution in [0.1, 0.15) is 33.1 Å². The molecule has 0 bridgehead atoms. The van der Waals surface area contributed by atoms with Gasteiger partial charge in [-0.25, -0.2) is 12.8 Å². The Hall–Kier alpha value is -3.31. The summed E-state index contributed by atoms with van der Waals surface area (Å²) in [6, 6.07) is 9.26. The number of likely N-dealkylation sites (tertiary alicyclic amines) is 1. The van der Waals surface area contributed by atoms with Crippen molar-refractivity contribution in [2.24, 2.45) is 0 Å². The Morgan fingerprint density at radius 2 is 1.68 bits per heavy atom. The summed E-state index contributed by atoms with van der Waals surface area (Å²) < 4.78 is 46.2. The maximum atomic E-state index is 13.2. The number of carbonyl (C=O) groups is 3. The minimum absolute atomic E-state index is 0.0390. The lowest BCUT2D eigenvalue weighted by Crippen LogP contribution is -2.32. The average Bonchev–Trinajstić information content (AvgIpc) is 3.12. The second-order valence-corrected chi connectivity index (χ2v) is 9.48. The Morgan fingerprint density at radius 3 is 2.26 bits per heavy atom. The highest BCUT2D eigenvalue weighted by Crippen LogP contribution is 2.33. The van der Waals surface area contributed by atoms with Crippen LogP contribution in [0.3, 0.4) is 0 Å². The second-order valence-electron chi connectivity index (χ2n) is 7.54. The standard InChI is InChI=1S/C23H26FN3O6S/c1-3-26(4-2)34(31,32)18-9-10-20(33-17-7-5-16(24)6-8-17)19(15-18)25-21(28)13-14-27-22(29)11-12-23(27)30/h5-10,15H,3-4,11-14H2,1-2H3,(H,25,28). The van der Waals surface area contributed by atoms with Crippen LogP contribution in [0.4, 0.5) is 10.1 Å². The van der Waals surface area contributed by atoms with Crippen molar-refractivity contribution in [3.8, 4) is 11.5 Å². The Kier molecular flexibility index (Phi) is 8.00. The van der Waals surface area contributed by atoms with Crippen molar-refractivity contribution in [1.29, 1.82) is 0 Å². The van der Waals surface area contributed by atoms with E-state index in [4.69, 9.17) is 4.74 Å². The number of sulfonamides is 1. The van der Waals surface area contributed by atoms with Crippen LogP contribution in [0.5, 0.6) is 11.5 Å². The molecule has 1 fully saturated rings. The van der Waals surface area contributed by atoms with Gasteiger partial charge >= 0.3 is 0 Å². The van der Waals surface area contributed by atoms with Crippen LogP contribution in [0.2, 0.25) is 0 Å². The molecule has 0 aromatic heterocycles. The van der Waals surface area contributed by atoms with Crippen molar-refractivity contribution in [1.82, 2.24) is 9.21 Å². The van der Waals surface area contributed by atoms with Crippen molar-refractivity contribution in [2.45, 2.75) is 38.0 Å². The lowest BCUT2D eigenvalue weighted by molar-refractivity contribution is -0.138. The average molecular weight is 492 g/mol. The summed E-state index contributed by atoms with van der Waals surface area (Å²) in [5, 5.41) is 2.61. The predicted octanol–water partition coefficient (Wildman–Crippen LogP) is 3.13. The number of rotatable bonds is 10. The summed E-state index contributed by atoms with van der Waals surface area (Å²) in [4.78, 5) is 37.1. The third kappa shape index (κ3) is 5.78. The Labute approximate surface area is 197 Å². The fourth-order valence-electron chi connectivity index (χ4n) is 3.50. The molecule has 182 valence electrons. The number of nitrogens with one attached hydrogen (secondary N) is 1. The van der Waals surface area contributed by atoms with Crippen LogP contribution in [0.15, 0.2) is 47.4 Å². The smallest absolute Gasteiger partial charge is 0.243 e. The first-order valence-corrected chi connectivity index (χ1v) is 12.3. The molecule has 0 unspecified atom stereocenters. The fourth-order valence-corrected chi connectivity index (χ4v) is 4.98. The minimum atomic E-state index is -3.82. The minimum Gasteiger partial charge on any atom is -0.455 e. The number of imide groups is 1. The summed E-state index contributed by atoms with van der Waals surface area (Å²) in [5.74, 6) is -1.21. The summed E-state index contributed by atoms with van der Waals surface area (Å²) in [7, 11) is -3.82. The zero-order chi connectivity index (χ0) is 24.9. The van der Waals surface area contributed by atoms with E-state index in [9.17, 15) is 27.2 Å². The molecule has 0 atom stereocenters. The molecule has 2 aromatic rings. The lowest BCUT2D eigenvalue weighted by Gasteiger charge is -2.20. The molecular weight excluding hydrogens is 465 g/mol. The zero-order valence-corrected chi connectivity index (χ0v) is 19.7. The molecule has 0 spiro atoms. The van der Waals surface area contributed by atoms with Crippen LogP contribution >= 0.6 is 0 Å². The molecule has 1 N–H and O–H groups in total. The molecule has 1 aliphatic heterocycles. The number of anilines is 1. The van der Waals surface area contributed by atoms with Crippen LogP contribution in [-0.4, -0.2) is 55.0 Å². The summed E-state index contributed by atoms with van der Waals surface area (Å²) >= 11 is 0. The van der Waals surface area contributed by atoms with Crippen LogP contribution in [-0.2, 0) is 24.4 Å². The highest BCUT2D eigenvalue weighted by Gasteiger charge is 2.29. The molecule has 0 saturated carbocycles. The Bertz CT molecular complexity index is 1160. The van der Waals surface area contributed by atoms with Gasteiger partial charge in [0.2, 0.25) is 27.7 Å². The van der Waals surface area contributed by atoms with Crippen molar-refractivity contribution >= 4 is 33.4 Å². The number of amides is 3. The first-order chi connectivity index (χ1) is 16.1. The van der Waals surface area contributed by atoms with Gasteiger partial charge in [-0.2, -0.15) is 4.31 Å². The van der Waals surface area contributed by atoms with E-state index < -0.39 is 21.7 Å². The normalized spacial score (nSPS) is 14.1. The Morgan fingerprint density at radius 1 is 1.06 bits per heavy atom. The van der Waals surface area contributed by atoms with E-state index in [0.717, 1.165) is 4.90 Å². The molecule has 34 heavy (non-hydrogen) atoms. The molecule has 9 nitrogen and oxygen atoms in total. The number of nitrogens with zero attached hydrogens (tertiary/aromatic N) is 2. The molecule has 2 aromatic carbocycles. The molecule has 0 radical (unpaired) electrons. The topological polar surface area (TPSA) is 113 Å². The molecule has 1 saturated heterocycles. The predicted molar refractivity (Wildman–Crippen MR) is 122 cm³/mol. The maximum Gasteiger partial charge on any atom is 0.243 e. The van der Waals surface area contributed by atoms with Gasteiger partial charge in [0.05, 0.1) is 10.6 Å².